The first kappa shape index (κ1) is 23.6. The van der Waals surface area contributed by atoms with E-state index >= 15 is 4.39 Å². The monoisotopic (exact) mass is 550 g/mol. The number of methoxy groups -OCH3 is 1. The lowest BCUT2D eigenvalue weighted by Crippen LogP contribution is -2.59. The first-order valence-corrected chi connectivity index (χ1v) is 13.0. The standard InChI is InChI=1S/C28H21Cl2FN4O3/c1-38-26(36)13-6-8-19-17(9-13)22-11-21-25(35(22)34-19)23(16-3-2-4-18(30)24(16)31)28(33-21)12-14-5-7-15(29)10-20(14)32-27(28)37/h2-10,21,23,25,33H,11-12H2,1H3,(H,32,37)/t21-,23-,25+,28+/m0/s1. The SMILES string of the molecule is COC(=O)c1ccc2nn3c(c2c1)C[C@@H]1N[C@]2(Cc4ccc(Cl)cc4NC2=O)[C@@H](c2cccc(Cl)c2F)[C@@H]13. The van der Waals surface area contributed by atoms with Crippen molar-refractivity contribution in [2.75, 3.05) is 12.4 Å². The Hall–Kier alpha value is -3.46. The van der Waals surface area contributed by atoms with Gasteiger partial charge in [-0.15, -0.1) is 0 Å². The van der Waals surface area contributed by atoms with E-state index in [1.165, 1.54) is 13.2 Å². The minimum atomic E-state index is -1.14. The summed E-state index contributed by atoms with van der Waals surface area (Å²) in [6.07, 6.45) is 0.893. The zero-order chi connectivity index (χ0) is 26.3. The van der Waals surface area contributed by atoms with Crippen LogP contribution in [0.25, 0.3) is 10.9 Å². The average molecular weight is 551 g/mol. The van der Waals surface area contributed by atoms with E-state index in [9.17, 15) is 9.59 Å². The molecule has 3 aromatic carbocycles. The fraction of sp³-hybridized carbons (Fsp3) is 0.250. The molecular weight excluding hydrogens is 530 g/mol. The Morgan fingerprint density at radius 3 is 2.84 bits per heavy atom. The Bertz CT molecular complexity index is 1690. The molecule has 192 valence electrons. The number of fused-ring (bicyclic) bond motifs is 6. The summed E-state index contributed by atoms with van der Waals surface area (Å²) >= 11 is 12.4. The summed E-state index contributed by atoms with van der Waals surface area (Å²) < 4.78 is 22.5. The first-order valence-electron chi connectivity index (χ1n) is 12.2. The zero-order valence-corrected chi connectivity index (χ0v) is 21.6. The Balaban J connectivity index is 1.42. The van der Waals surface area contributed by atoms with Gasteiger partial charge in [-0.2, -0.15) is 5.10 Å². The molecule has 38 heavy (non-hydrogen) atoms. The van der Waals surface area contributed by atoms with Crippen molar-refractivity contribution in [2.24, 2.45) is 0 Å². The van der Waals surface area contributed by atoms with E-state index in [0.717, 1.165) is 16.6 Å². The van der Waals surface area contributed by atoms with Gasteiger partial charge in [0.05, 0.1) is 29.3 Å². The molecule has 4 atom stereocenters. The van der Waals surface area contributed by atoms with Crippen LogP contribution in [0.2, 0.25) is 10.0 Å². The topological polar surface area (TPSA) is 85.2 Å². The molecule has 1 aromatic heterocycles. The summed E-state index contributed by atoms with van der Waals surface area (Å²) in [4.78, 5) is 26.1. The molecule has 1 amide bonds. The molecule has 3 aliphatic heterocycles. The van der Waals surface area contributed by atoms with Crippen LogP contribution in [-0.2, 0) is 22.4 Å². The van der Waals surface area contributed by atoms with Gasteiger partial charge in [0.2, 0.25) is 5.91 Å². The maximum Gasteiger partial charge on any atom is 0.337 e. The normalized spacial score (nSPS) is 25.3. The van der Waals surface area contributed by atoms with Crippen LogP contribution in [0.5, 0.6) is 0 Å². The van der Waals surface area contributed by atoms with Crippen molar-refractivity contribution in [1.29, 1.82) is 0 Å². The molecule has 7 rings (SSSR count). The third-order valence-electron chi connectivity index (χ3n) is 8.16. The molecule has 2 N–H and O–H groups in total. The lowest BCUT2D eigenvalue weighted by Gasteiger charge is -2.40. The van der Waals surface area contributed by atoms with Gasteiger partial charge < -0.3 is 10.1 Å². The first-order chi connectivity index (χ1) is 18.3. The van der Waals surface area contributed by atoms with Crippen LogP contribution in [0.15, 0.2) is 54.6 Å². The number of aromatic nitrogens is 2. The fourth-order valence-electron chi connectivity index (χ4n) is 6.58. The second-order valence-corrected chi connectivity index (χ2v) is 10.9. The summed E-state index contributed by atoms with van der Waals surface area (Å²) in [6.45, 7) is 0. The predicted octanol–water partition coefficient (Wildman–Crippen LogP) is 5.06. The highest BCUT2D eigenvalue weighted by Gasteiger charge is 2.63. The van der Waals surface area contributed by atoms with Gasteiger partial charge in [-0.1, -0.05) is 41.4 Å². The van der Waals surface area contributed by atoms with E-state index < -0.39 is 23.2 Å². The minimum Gasteiger partial charge on any atom is -0.465 e. The Morgan fingerprint density at radius 2 is 2.03 bits per heavy atom. The molecule has 1 spiro atoms. The van der Waals surface area contributed by atoms with Crippen molar-refractivity contribution in [2.45, 2.75) is 36.4 Å². The second-order valence-electron chi connectivity index (χ2n) is 10.1. The van der Waals surface area contributed by atoms with Crippen LogP contribution < -0.4 is 10.6 Å². The predicted molar refractivity (Wildman–Crippen MR) is 141 cm³/mol. The van der Waals surface area contributed by atoms with Crippen molar-refractivity contribution in [1.82, 2.24) is 15.1 Å². The van der Waals surface area contributed by atoms with Gasteiger partial charge in [0.25, 0.3) is 0 Å². The maximum atomic E-state index is 15.7. The number of nitrogens with zero attached hydrogens (tertiary/aromatic N) is 2. The lowest BCUT2D eigenvalue weighted by atomic mass is 9.72. The summed E-state index contributed by atoms with van der Waals surface area (Å²) in [7, 11) is 1.34. The summed E-state index contributed by atoms with van der Waals surface area (Å²) in [6, 6.07) is 15.0. The van der Waals surface area contributed by atoms with E-state index in [-0.39, 0.29) is 23.0 Å². The van der Waals surface area contributed by atoms with Gasteiger partial charge in [0.1, 0.15) is 11.4 Å². The van der Waals surface area contributed by atoms with Crippen LogP contribution in [0.3, 0.4) is 0 Å². The smallest absolute Gasteiger partial charge is 0.337 e. The van der Waals surface area contributed by atoms with Crippen LogP contribution >= 0.6 is 23.2 Å². The number of hydrogen-bond acceptors (Lipinski definition) is 5. The van der Waals surface area contributed by atoms with Crippen molar-refractivity contribution in [3.05, 3.63) is 92.8 Å². The maximum absolute atomic E-state index is 15.7. The van der Waals surface area contributed by atoms with Gasteiger partial charge in [0.15, 0.2) is 0 Å². The van der Waals surface area contributed by atoms with Crippen LogP contribution in [0.4, 0.5) is 10.1 Å². The summed E-state index contributed by atoms with van der Waals surface area (Å²) in [5.74, 6) is -1.85. The largest absolute Gasteiger partial charge is 0.465 e. The quantitative estimate of drug-likeness (QED) is 0.341. The number of carbonyl (C=O) groups is 2. The highest BCUT2D eigenvalue weighted by Crippen LogP contribution is 2.54. The third-order valence-corrected chi connectivity index (χ3v) is 8.68. The zero-order valence-electron chi connectivity index (χ0n) is 20.1. The number of carbonyl (C=O) groups excluding carboxylic acids is 2. The molecule has 7 nitrogen and oxygen atoms in total. The molecule has 0 aliphatic carbocycles. The summed E-state index contributed by atoms with van der Waals surface area (Å²) in [5, 5.41) is 12.8. The number of benzene rings is 3. The van der Waals surface area contributed by atoms with Gasteiger partial charge in [-0.25, -0.2) is 9.18 Å². The van der Waals surface area contributed by atoms with E-state index in [1.54, 1.807) is 42.5 Å². The third kappa shape index (κ3) is 3.20. The molecule has 10 heteroatoms. The Kier molecular flexibility index (Phi) is 5.14. The van der Waals surface area contributed by atoms with Crippen LogP contribution in [-0.4, -0.2) is 40.3 Å². The molecule has 0 radical (unpaired) electrons. The number of ether oxygens (including phenoxy) is 1. The molecule has 0 bridgehead atoms. The average Bonchev–Trinajstić information content (AvgIpc) is 3.52. The molecule has 4 heterocycles. The number of anilines is 1. The molecule has 1 saturated heterocycles. The van der Waals surface area contributed by atoms with Crippen LogP contribution in [0.1, 0.15) is 39.1 Å². The Morgan fingerprint density at radius 1 is 1.18 bits per heavy atom. The molecule has 0 unspecified atom stereocenters. The number of nitrogens with one attached hydrogen (secondary N) is 2. The van der Waals surface area contributed by atoms with Crippen molar-refractivity contribution >= 4 is 51.7 Å². The highest BCUT2D eigenvalue weighted by atomic mass is 35.5. The van der Waals surface area contributed by atoms with Crippen molar-refractivity contribution < 1.29 is 18.7 Å². The number of amides is 1. The number of esters is 1. The van der Waals surface area contributed by atoms with Crippen molar-refractivity contribution in [3.63, 3.8) is 0 Å². The number of rotatable bonds is 2. The van der Waals surface area contributed by atoms with Gasteiger partial charge in [-0.05, 0) is 47.5 Å². The fourth-order valence-corrected chi connectivity index (χ4v) is 6.94. The van der Waals surface area contributed by atoms with E-state index in [1.807, 2.05) is 10.7 Å². The Labute approximate surface area is 226 Å². The molecule has 0 saturated carbocycles. The summed E-state index contributed by atoms with van der Waals surface area (Å²) in [5.41, 5.74) is 2.82. The number of halogens is 3. The van der Waals surface area contributed by atoms with Crippen molar-refractivity contribution in [3.8, 4) is 0 Å². The second kappa shape index (κ2) is 8.27. The van der Waals surface area contributed by atoms with E-state index in [2.05, 4.69) is 10.6 Å². The van der Waals surface area contributed by atoms with Crippen LogP contribution in [0, 0.1) is 5.82 Å². The minimum absolute atomic E-state index is 0.00364. The molecule has 3 aliphatic rings. The van der Waals surface area contributed by atoms with Gasteiger partial charge in [0, 0.05) is 46.6 Å². The van der Waals surface area contributed by atoms with E-state index in [0.29, 0.717) is 40.2 Å². The van der Waals surface area contributed by atoms with Gasteiger partial charge >= 0.3 is 5.97 Å². The highest BCUT2D eigenvalue weighted by molar-refractivity contribution is 6.31. The lowest BCUT2D eigenvalue weighted by molar-refractivity contribution is -0.123. The molecule has 1 fully saturated rings. The van der Waals surface area contributed by atoms with E-state index in [4.69, 9.17) is 33.0 Å². The molecular formula is C28H21Cl2FN4O3. The number of hydrogen-bond donors (Lipinski definition) is 2. The van der Waals surface area contributed by atoms with Gasteiger partial charge in [-0.3, -0.25) is 14.8 Å². The molecule has 4 aromatic rings.